The van der Waals surface area contributed by atoms with Crippen LogP contribution in [-0.4, -0.2) is 36.0 Å². The monoisotopic (exact) mass is 587 g/mol. The third-order valence-electron chi connectivity index (χ3n) is 6.46. The number of aryl methyl sites for hydroxylation is 3. The summed E-state index contributed by atoms with van der Waals surface area (Å²) in [6, 6.07) is 16.8. The van der Waals surface area contributed by atoms with E-state index < -0.39 is 43.3 Å². The summed E-state index contributed by atoms with van der Waals surface area (Å²) in [5, 5.41) is 0.0477. The predicted molar refractivity (Wildman–Crippen MR) is 130 cm³/mol. The van der Waals surface area contributed by atoms with Gasteiger partial charge in [0.25, 0.3) is 0 Å². The SMILES string of the molecule is Cc1ccc([P+](CC(F)(F)C(F)(F)C(F)(F)C(F)(F)C(F)(F)F)(c2ccc(C)cc2)c2ccc(C)cc2)cc1. The molecule has 0 unspecified atom stereocenters. The van der Waals surface area contributed by atoms with E-state index in [1.54, 1.807) is 20.8 Å². The van der Waals surface area contributed by atoms with Crippen LogP contribution in [0.15, 0.2) is 72.8 Å². The lowest BCUT2D eigenvalue weighted by Gasteiger charge is -2.39. The number of hydrogen-bond acceptors (Lipinski definition) is 0. The fourth-order valence-electron chi connectivity index (χ4n) is 4.12. The van der Waals surface area contributed by atoms with Crippen molar-refractivity contribution in [2.75, 3.05) is 6.16 Å². The number of hydrogen-bond donors (Lipinski definition) is 0. The first-order valence-electron chi connectivity index (χ1n) is 11.4. The maximum absolute atomic E-state index is 15.5. The zero-order valence-corrected chi connectivity index (χ0v) is 21.6. The first kappa shape index (κ1) is 30.9. The summed E-state index contributed by atoms with van der Waals surface area (Å²) in [7, 11) is -4.08. The lowest BCUT2D eigenvalue weighted by atomic mass is 9.99. The molecule has 0 amide bonds. The fraction of sp³-hybridized carbons (Fsp3) is 0.333. The summed E-state index contributed by atoms with van der Waals surface area (Å²) in [6.45, 7) is 4.93. The minimum Gasteiger partial charge on any atom is -0.195 e. The van der Waals surface area contributed by atoms with Gasteiger partial charge in [0, 0.05) is 0 Å². The van der Waals surface area contributed by atoms with Crippen molar-refractivity contribution in [2.45, 2.75) is 50.6 Å². The fourth-order valence-corrected chi connectivity index (χ4v) is 8.33. The molecular formula is C27H23F11P+. The highest BCUT2D eigenvalue weighted by Crippen LogP contribution is 2.64. The minimum atomic E-state index is -7.47. The molecule has 0 spiro atoms. The highest BCUT2D eigenvalue weighted by Gasteiger charge is 2.88. The van der Waals surface area contributed by atoms with E-state index in [1.807, 2.05) is 0 Å². The highest BCUT2D eigenvalue weighted by atomic mass is 31.2. The molecule has 0 atom stereocenters. The first-order valence-corrected chi connectivity index (χ1v) is 13.4. The lowest BCUT2D eigenvalue weighted by Crippen LogP contribution is -2.67. The second-order valence-corrected chi connectivity index (χ2v) is 12.9. The largest absolute Gasteiger partial charge is 0.460 e. The van der Waals surface area contributed by atoms with Crippen LogP contribution in [-0.2, 0) is 0 Å². The van der Waals surface area contributed by atoms with Crippen LogP contribution in [0.3, 0.4) is 0 Å². The Morgan fingerprint density at radius 2 is 0.718 bits per heavy atom. The normalized spacial score (nSPS) is 14.0. The molecule has 0 saturated heterocycles. The molecule has 0 N–H and O–H groups in total. The Hall–Kier alpha value is -2.68. The summed E-state index contributed by atoms with van der Waals surface area (Å²) >= 11 is 0. The smallest absolute Gasteiger partial charge is 0.195 e. The summed E-state index contributed by atoms with van der Waals surface area (Å²) in [5.41, 5.74) is 1.91. The number of halogens is 11. The van der Waals surface area contributed by atoms with Crippen molar-refractivity contribution in [3.05, 3.63) is 89.5 Å². The molecule has 3 aromatic carbocycles. The second-order valence-electron chi connectivity index (χ2n) is 9.40. The van der Waals surface area contributed by atoms with E-state index in [0.29, 0.717) is 16.7 Å². The molecule has 0 heterocycles. The van der Waals surface area contributed by atoms with Crippen LogP contribution < -0.4 is 15.9 Å². The summed E-state index contributed by atoms with van der Waals surface area (Å²) < 4.78 is 154. The van der Waals surface area contributed by atoms with Crippen LogP contribution in [0.5, 0.6) is 0 Å². The van der Waals surface area contributed by atoms with Crippen LogP contribution in [0.1, 0.15) is 16.7 Å². The van der Waals surface area contributed by atoms with Crippen molar-refractivity contribution >= 4 is 23.2 Å². The third-order valence-corrected chi connectivity index (χ3v) is 10.9. The lowest BCUT2D eigenvalue weighted by molar-refractivity contribution is -0.419. The molecule has 0 aromatic heterocycles. The predicted octanol–water partition coefficient (Wildman–Crippen LogP) is 8.01. The molecule has 212 valence electrons. The van der Waals surface area contributed by atoms with Gasteiger partial charge in [0.2, 0.25) is 0 Å². The molecule has 0 fully saturated rings. The molecule has 0 aliphatic heterocycles. The Kier molecular flexibility index (Phi) is 7.96. The first-order chi connectivity index (χ1) is 17.7. The Balaban J connectivity index is 2.36. The molecule has 12 heteroatoms. The molecule has 3 aromatic rings. The van der Waals surface area contributed by atoms with Crippen LogP contribution in [0.4, 0.5) is 48.3 Å². The number of benzene rings is 3. The van der Waals surface area contributed by atoms with Crippen LogP contribution in [0.25, 0.3) is 0 Å². The van der Waals surface area contributed by atoms with E-state index in [2.05, 4.69) is 0 Å². The van der Waals surface area contributed by atoms with E-state index >= 15 is 8.78 Å². The summed E-state index contributed by atoms with van der Waals surface area (Å²) in [4.78, 5) is 0. The molecule has 0 radical (unpaired) electrons. The van der Waals surface area contributed by atoms with E-state index in [4.69, 9.17) is 0 Å². The van der Waals surface area contributed by atoms with Crippen molar-refractivity contribution in [3.63, 3.8) is 0 Å². The van der Waals surface area contributed by atoms with Gasteiger partial charge in [0.1, 0.15) is 29.3 Å². The van der Waals surface area contributed by atoms with Gasteiger partial charge in [-0.15, -0.1) is 0 Å². The zero-order valence-electron chi connectivity index (χ0n) is 20.7. The van der Waals surface area contributed by atoms with Gasteiger partial charge in [0.15, 0.2) is 0 Å². The zero-order chi connectivity index (χ0) is 29.7. The van der Waals surface area contributed by atoms with Crippen molar-refractivity contribution in [1.82, 2.24) is 0 Å². The van der Waals surface area contributed by atoms with Gasteiger partial charge in [-0.3, -0.25) is 0 Å². The van der Waals surface area contributed by atoms with Crippen molar-refractivity contribution in [3.8, 4) is 0 Å². The number of alkyl halides is 11. The number of rotatable bonds is 8. The molecule has 3 rings (SSSR count). The van der Waals surface area contributed by atoms with Gasteiger partial charge >= 0.3 is 29.9 Å². The van der Waals surface area contributed by atoms with Gasteiger partial charge in [-0.1, -0.05) is 53.1 Å². The second kappa shape index (κ2) is 10.1. The van der Waals surface area contributed by atoms with Crippen LogP contribution in [0, 0.1) is 20.8 Å². The highest BCUT2D eigenvalue weighted by molar-refractivity contribution is 7.95. The average Bonchev–Trinajstić information content (AvgIpc) is 2.83. The Morgan fingerprint density at radius 3 is 0.974 bits per heavy atom. The van der Waals surface area contributed by atoms with Gasteiger partial charge < -0.3 is 0 Å². The van der Waals surface area contributed by atoms with Crippen molar-refractivity contribution in [2.24, 2.45) is 0 Å². The molecule has 0 bridgehead atoms. The maximum atomic E-state index is 15.5. The van der Waals surface area contributed by atoms with Crippen molar-refractivity contribution in [1.29, 1.82) is 0 Å². The summed E-state index contributed by atoms with van der Waals surface area (Å²) in [6.07, 6.45) is -9.36. The standard InChI is InChI=1S/C27H23F11P/c1-17-4-10-20(11-5-17)39(21-12-6-18(2)7-13-21,22-14-8-19(3)9-15-22)16-23(28,29)24(30,31)25(32,33)26(34,35)27(36,37)38/h4-15H,16H2,1-3H3/q+1. The topological polar surface area (TPSA) is 0 Å². The van der Waals surface area contributed by atoms with Crippen LogP contribution >= 0.6 is 7.26 Å². The van der Waals surface area contributed by atoms with Gasteiger partial charge in [-0.2, -0.15) is 48.3 Å². The average molecular weight is 587 g/mol. The quantitative estimate of drug-likeness (QED) is 0.185. The Bertz CT molecular complexity index is 1170. The van der Waals surface area contributed by atoms with Crippen LogP contribution in [0.2, 0.25) is 0 Å². The minimum absolute atomic E-state index is 0.0159. The van der Waals surface area contributed by atoms with E-state index in [0.717, 1.165) is 0 Å². The van der Waals surface area contributed by atoms with E-state index in [-0.39, 0.29) is 15.9 Å². The van der Waals surface area contributed by atoms with Gasteiger partial charge in [-0.25, -0.2) is 0 Å². The Labute approximate surface area is 218 Å². The molecule has 39 heavy (non-hydrogen) atoms. The molecule has 0 nitrogen and oxygen atoms in total. The van der Waals surface area contributed by atoms with Gasteiger partial charge in [-0.05, 0) is 57.2 Å². The molecular weight excluding hydrogens is 564 g/mol. The summed E-state index contributed by atoms with van der Waals surface area (Å²) in [5.74, 6) is -28.0. The van der Waals surface area contributed by atoms with E-state index in [9.17, 15) is 39.5 Å². The van der Waals surface area contributed by atoms with Gasteiger partial charge in [0.05, 0.1) is 0 Å². The molecule has 0 aliphatic rings. The molecule has 0 saturated carbocycles. The Morgan fingerprint density at radius 1 is 0.436 bits per heavy atom. The van der Waals surface area contributed by atoms with E-state index in [1.165, 1.54) is 72.8 Å². The van der Waals surface area contributed by atoms with Crippen molar-refractivity contribution < 1.29 is 48.3 Å². The molecule has 0 aliphatic carbocycles. The maximum Gasteiger partial charge on any atom is 0.460 e. The third kappa shape index (κ3) is 5.14.